The number of benzene rings is 1. The maximum Gasteiger partial charge on any atom is 0.339 e. The summed E-state index contributed by atoms with van der Waals surface area (Å²) in [6.45, 7) is 4.28. The van der Waals surface area contributed by atoms with Gasteiger partial charge in [0, 0.05) is 5.56 Å². The summed E-state index contributed by atoms with van der Waals surface area (Å²) >= 11 is 6.14. The number of aromatic nitrogens is 3. The Morgan fingerprint density at radius 2 is 2.08 bits per heavy atom. The zero-order valence-electron chi connectivity index (χ0n) is 14.3. The molecule has 0 bridgehead atoms. The van der Waals surface area contributed by atoms with Gasteiger partial charge in [-0.2, -0.15) is 5.10 Å². The van der Waals surface area contributed by atoms with Crippen LogP contribution in [0.25, 0.3) is 11.3 Å². The standard InChI is InChI=1S/C18H17ClN4O3/c1-12(2)9-25-18(24)15-7-13(3-5-16(15)19)17-6-4-14(26-17)8-22-23-10-20-21-11-23/h3-8,10-12H,9H2,1-2H3/b22-8-. The smallest absolute Gasteiger partial charge is 0.339 e. The molecule has 0 amide bonds. The predicted octanol–water partition coefficient (Wildman–Crippen LogP) is 3.89. The number of ether oxygens (including phenoxy) is 1. The van der Waals surface area contributed by atoms with E-state index in [0.29, 0.717) is 28.7 Å². The Labute approximate surface area is 155 Å². The maximum absolute atomic E-state index is 12.2. The van der Waals surface area contributed by atoms with E-state index in [1.807, 2.05) is 13.8 Å². The van der Waals surface area contributed by atoms with Crippen molar-refractivity contribution in [1.82, 2.24) is 14.9 Å². The lowest BCUT2D eigenvalue weighted by atomic mass is 10.1. The fraction of sp³-hybridized carbons (Fsp3) is 0.222. The van der Waals surface area contributed by atoms with Gasteiger partial charge in [0.15, 0.2) is 0 Å². The van der Waals surface area contributed by atoms with Gasteiger partial charge in [-0.15, -0.1) is 10.2 Å². The first-order valence-corrected chi connectivity index (χ1v) is 8.36. The molecule has 0 aliphatic carbocycles. The summed E-state index contributed by atoms with van der Waals surface area (Å²) in [4.78, 5) is 12.2. The van der Waals surface area contributed by atoms with Crippen LogP contribution in [-0.2, 0) is 4.74 Å². The van der Waals surface area contributed by atoms with Gasteiger partial charge in [0.2, 0.25) is 0 Å². The summed E-state index contributed by atoms with van der Waals surface area (Å²) in [5.41, 5.74) is 1.02. The molecule has 0 N–H and O–H groups in total. The lowest BCUT2D eigenvalue weighted by Gasteiger charge is -2.09. The van der Waals surface area contributed by atoms with Gasteiger partial charge < -0.3 is 9.15 Å². The number of nitrogens with zero attached hydrogens (tertiary/aromatic N) is 4. The van der Waals surface area contributed by atoms with Gasteiger partial charge in [0.1, 0.15) is 24.2 Å². The van der Waals surface area contributed by atoms with Gasteiger partial charge in [-0.1, -0.05) is 25.4 Å². The van der Waals surface area contributed by atoms with Crippen LogP contribution in [-0.4, -0.2) is 33.7 Å². The van der Waals surface area contributed by atoms with E-state index < -0.39 is 5.97 Å². The second kappa shape index (κ2) is 7.97. The van der Waals surface area contributed by atoms with Crippen molar-refractivity contribution in [1.29, 1.82) is 0 Å². The van der Waals surface area contributed by atoms with E-state index in [-0.39, 0.29) is 5.92 Å². The minimum absolute atomic E-state index is 0.249. The van der Waals surface area contributed by atoms with Crippen molar-refractivity contribution in [3.8, 4) is 11.3 Å². The van der Waals surface area contributed by atoms with Crippen molar-refractivity contribution in [2.24, 2.45) is 11.0 Å². The summed E-state index contributed by atoms with van der Waals surface area (Å²) in [7, 11) is 0. The molecule has 0 saturated heterocycles. The predicted molar refractivity (Wildman–Crippen MR) is 97.3 cm³/mol. The maximum atomic E-state index is 12.2. The van der Waals surface area contributed by atoms with Crippen LogP contribution in [0.1, 0.15) is 30.0 Å². The zero-order chi connectivity index (χ0) is 18.5. The molecule has 8 heteroatoms. The summed E-state index contributed by atoms with van der Waals surface area (Å²) in [5, 5.41) is 11.8. The first kappa shape index (κ1) is 17.9. The van der Waals surface area contributed by atoms with E-state index in [1.165, 1.54) is 17.3 Å². The number of rotatable bonds is 6. The van der Waals surface area contributed by atoms with Crippen molar-refractivity contribution >= 4 is 23.8 Å². The lowest BCUT2D eigenvalue weighted by molar-refractivity contribution is 0.0459. The fourth-order valence-electron chi connectivity index (χ4n) is 2.11. The van der Waals surface area contributed by atoms with Crippen LogP contribution < -0.4 is 0 Å². The van der Waals surface area contributed by atoms with E-state index in [0.717, 1.165) is 5.56 Å². The Morgan fingerprint density at radius 3 is 2.81 bits per heavy atom. The largest absolute Gasteiger partial charge is 0.462 e. The first-order chi connectivity index (χ1) is 12.5. The lowest BCUT2D eigenvalue weighted by Crippen LogP contribution is -2.10. The van der Waals surface area contributed by atoms with E-state index in [2.05, 4.69) is 15.3 Å². The highest BCUT2D eigenvalue weighted by molar-refractivity contribution is 6.33. The normalized spacial score (nSPS) is 11.4. The number of halogens is 1. The van der Waals surface area contributed by atoms with Gasteiger partial charge >= 0.3 is 5.97 Å². The third-order valence-corrected chi connectivity index (χ3v) is 3.70. The molecule has 0 aliphatic rings. The van der Waals surface area contributed by atoms with Crippen LogP contribution in [0.4, 0.5) is 0 Å². The second-order valence-electron chi connectivity index (χ2n) is 5.98. The fourth-order valence-corrected chi connectivity index (χ4v) is 2.31. The number of furan rings is 1. The van der Waals surface area contributed by atoms with Crippen molar-refractivity contribution in [3.63, 3.8) is 0 Å². The minimum Gasteiger partial charge on any atom is -0.462 e. The van der Waals surface area contributed by atoms with Crippen molar-refractivity contribution in [2.45, 2.75) is 13.8 Å². The highest BCUT2D eigenvalue weighted by atomic mass is 35.5. The van der Waals surface area contributed by atoms with E-state index in [9.17, 15) is 4.79 Å². The van der Waals surface area contributed by atoms with Crippen molar-refractivity contribution in [2.75, 3.05) is 6.61 Å². The Kier molecular flexibility index (Phi) is 5.48. The molecule has 0 saturated carbocycles. The van der Waals surface area contributed by atoms with Crippen molar-refractivity contribution in [3.05, 3.63) is 59.3 Å². The Morgan fingerprint density at radius 1 is 1.31 bits per heavy atom. The number of hydrogen-bond acceptors (Lipinski definition) is 6. The molecule has 7 nitrogen and oxygen atoms in total. The van der Waals surface area contributed by atoms with Crippen LogP contribution in [0.5, 0.6) is 0 Å². The van der Waals surface area contributed by atoms with Gasteiger partial charge in [-0.3, -0.25) is 0 Å². The first-order valence-electron chi connectivity index (χ1n) is 7.99. The Bertz CT molecular complexity index is 916. The molecule has 26 heavy (non-hydrogen) atoms. The molecule has 0 unspecified atom stereocenters. The third-order valence-electron chi connectivity index (χ3n) is 3.37. The molecule has 3 aromatic rings. The van der Waals surface area contributed by atoms with Gasteiger partial charge in [-0.25, -0.2) is 9.47 Å². The molecule has 2 heterocycles. The van der Waals surface area contributed by atoms with E-state index in [4.69, 9.17) is 20.8 Å². The molecule has 0 spiro atoms. The summed E-state index contributed by atoms with van der Waals surface area (Å²) in [6.07, 6.45) is 4.48. The van der Waals surface area contributed by atoms with Crippen molar-refractivity contribution < 1.29 is 13.9 Å². The van der Waals surface area contributed by atoms with Gasteiger partial charge in [0.05, 0.1) is 23.4 Å². The summed E-state index contributed by atoms with van der Waals surface area (Å²) in [6, 6.07) is 8.65. The highest BCUT2D eigenvalue weighted by Gasteiger charge is 2.15. The third kappa shape index (κ3) is 4.37. The monoisotopic (exact) mass is 372 g/mol. The number of hydrogen-bond donors (Lipinski definition) is 0. The second-order valence-corrected chi connectivity index (χ2v) is 6.38. The Balaban J connectivity index is 1.79. The molecule has 134 valence electrons. The number of esters is 1. The minimum atomic E-state index is -0.452. The molecule has 0 atom stereocenters. The SMILES string of the molecule is CC(C)COC(=O)c1cc(-c2ccc(/C=N\n3cnnc3)o2)ccc1Cl. The highest BCUT2D eigenvalue weighted by Crippen LogP contribution is 2.27. The summed E-state index contributed by atoms with van der Waals surface area (Å²) in [5.74, 6) is 0.933. The van der Waals surface area contributed by atoms with E-state index in [1.54, 1.807) is 36.5 Å². The summed E-state index contributed by atoms with van der Waals surface area (Å²) < 4.78 is 12.5. The molecule has 1 aromatic carbocycles. The molecule has 3 rings (SSSR count). The molecular formula is C18H17ClN4O3. The Hall–Kier alpha value is -2.93. The topological polar surface area (TPSA) is 82.5 Å². The number of carbonyl (C=O) groups is 1. The van der Waals surface area contributed by atoms with Crippen LogP contribution in [0.15, 0.2) is 52.5 Å². The average Bonchev–Trinajstić information content (AvgIpc) is 3.30. The van der Waals surface area contributed by atoms with Gasteiger partial charge in [0.25, 0.3) is 0 Å². The number of carbonyl (C=O) groups excluding carboxylic acids is 1. The van der Waals surface area contributed by atoms with Crippen LogP contribution >= 0.6 is 11.6 Å². The molecule has 0 fully saturated rings. The average molecular weight is 373 g/mol. The quantitative estimate of drug-likeness (QED) is 0.484. The van der Waals surface area contributed by atoms with Crippen LogP contribution in [0.3, 0.4) is 0 Å². The van der Waals surface area contributed by atoms with Crippen LogP contribution in [0, 0.1) is 5.92 Å². The molecule has 2 aromatic heterocycles. The zero-order valence-corrected chi connectivity index (χ0v) is 15.1. The molecular weight excluding hydrogens is 356 g/mol. The van der Waals surface area contributed by atoms with E-state index >= 15 is 0 Å². The molecule has 0 aliphatic heterocycles. The van der Waals surface area contributed by atoms with Gasteiger partial charge in [-0.05, 0) is 36.2 Å². The van der Waals surface area contributed by atoms with Crippen LogP contribution in [0.2, 0.25) is 5.02 Å². The molecule has 0 radical (unpaired) electrons.